The zero-order valence-electron chi connectivity index (χ0n) is 27.8. The van der Waals surface area contributed by atoms with Crippen molar-refractivity contribution >= 4 is 0 Å². The Morgan fingerprint density at radius 2 is 1.48 bits per heavy atom. The smallest absolute Gasteiger partial charge is 0.186 e. The standard InChI is InChI=1S/C35H58O9/c1-29(2)22(38)8-11-35-17-34(35)13-12-31(5)26(33(7)10-9-23(44-33)30(3,4)41)18(36)15-32(31,6)21(34)14-20(27(29)35)43-28-25(40)24(39)19(37)16-42-28/h18-28,36-41H,8-17H2,1-7H3/t18-,19+,20-,21-,22-,23-,24-,25+,26-,27-,28-,31+,32-,33+,34-,35+/m0/s1. The molecule has 7 aliphatic rings. The maximum Gasteiger partial charge on any atom is 0.186 e. The van der Waals surface area contributed by atoms with Crippen LogP contribution in [0, 0.1) is 44.8 Å². The molecule has 2 aliphatic heterocycles. The average Bonchev–Trinajstić information content (AvgIpc) is 3.29. The number of aliphatic hydroxyl groups excluding tert-OH is 5. The van der Waals surface area contributed by atoms with Crippen molar-refractivity contribution in [1.29, 1.82) is 0 Å². The second kappa shape index (κ2) is 9.63. The molecular weight excluding hydrogens is 564 g/mol. The molecule has 6 N–H and O–H groups in total. The summed E-state index contributed by atoms with van der Waals surface area (Å²) in [7, 11) is 0. The Morgan fingerprint density at radius 1 is 0.773 bits per heavy atom. The molecule has 0 unspecified atom stereocenters. The molecule has 7 rings (SSSR count). The topological polar surface area (TPSA) is 149 Å². The van der Waals surface area contributed by atoms with Gasteiger partial charge in [-0.05, 0) is 117 Å². The molecular formula is C35H58O9. The second-order valence-corrected chi connectivity index (χ2v) is 18.3. The third kappa shape index (κ3) is 3.97. The van der Waals surface area contributed by atoms with Gasteiger partial charge in [-0.2, -0.15) is 0 Å². The van der Waals surface area contributed by atoms with Crippen LogP contribution in [0.15, 0.2) is 0 Å². The van der Waals surface area contributed by atoms with E-state index in [1.165, 1.54) is 0 Å². The first kappa shape index (κ1) is 32.2. The molecule has 16 atom stereocenters. The quantitative estimate of drug-likeness (QED) is 0.260. The fourth-order valence-corrected chi connectivity index (χ4v) is 13.3. The monoisotopic (exact) mass is 622 g/mol. The Morgan fingerprint density at radius 3 is 2.14 bits per heavy atom. The highest BCUT2D eigenvalue weighted by Crippen LogP contribution is 2.89. The summed E-state index contributed by atoms with van der Waals surface area (Å²) in [5.74, 6) is 0.237. The Bertz CT molecular complexity index is 1160. The first-order chi connectivity index (χ1) is 20.3. The molecule has 0 aromatic carbocycles. The van der Waals surface area contributed by atoms with E-state index in [2.05, 4.69) is 34.6 Å². The van der Waals surface area contributed by atoms with Crippen LogP contribution in [-0.2, 0) is 14.2 Å². The van der Waals surface area contributed by atoms with Gasteiger partial charge in [0.25, 0.3) is 0 Å². The Labute approximate surface area is 262 Å². The SMILES string of the molecule is CC(C)(O)[C@@H]1CC[C@](C)([C@H]2[C@@H](O)C[C@@]3(C)[C@@H]4C[C@H](O[C@@H]5OC[C@@H](O)[C@H](O)[C@H]5O)[C@H]5C(C)(C)[C@@H](O)CC[C@@]56C[C@@]46CC[C@]23C)O1. The maximum absolute atomic E-state index is 12.0. The van der Waals surface area contributed by atoms with Gasteiger partial charge in [0, 0.05) is 5.92 Å². The highest BCUT2D eigenvalue weighted by atomic mass is 16.7. The van der Waals surface area contributed by atoms with Crippen LogP contribution in [0.2, 0.25) is 0 Å². The van der Waals surface area contributed by atoms with Gasteiger partial charge >= 0.3 is 0 Å². The molecule has 0 radical (unpaired) electrons. The molecule has 9 heteroatoms. The first-order valence-electron chi connectivity index (χ1n) is 17.4. The van der Waals surface area contributed by atoms with Crippen molar-refractivity contribution < 1.29 is 44.8 Å². The molecule has 9 nitrogen and oxygen atoms in total. The third-order valence-corrected chi connectivity index (χ3v) is 15.5. The number of aliphatic hydroxyl groups is 6. The van der Waals surface area contributed by atoms with Gasteiger partial charge in [-0.3, -0.25) is 0 Å². The van der Waals surface area contributed by atoms with Gasteiger partial charge in [0.2, 0.25) is 0 Å². The van der Waals surface area contributed by atoms with E-state index in [0.717, 1.165) is 51.4 Å². The molecule has 0 aromatic rings. The lowest BCUT2D eigenvalue weighted by molar-refractivity contribution is -0.310. The molecule has 0 amide bonds. The van der Waals surface area contributed by atoms with E-state index in [4.69, 9.17) is 14.2 Å². The maximum atomic E-state index is 12.0. The Kier molecular flexibility index (Phi) is 7.04. The third-order valence-electron chi connectivity index (χ3n) is 15.5. The highest BCUT2D eigenvalue weighted by molar-refractivity contribution is 5.33. The van der Waals surface area contributed by atoms with Gasteiger partial charge < -0.3 is 44.8 Å². The van der Waals surface area contributed by atoms with E-state index in [1.54, 1.807) is 0 Å². The second-order valence-electron chi connectivity index (χ2n) is 18.3. The number of fused-ring (bicyclic) bond motifs is 2. The molecule has 5 saturated carbocycles. The van der Waals surface area contributed by atoms with Gasteiger partial charge in [-0.25, -0.2) is 0 Å². The average molecular weight is 623 g/mol. The summed E-state index contributed by atoms with van der Waals surface area (Å²) >= 11 is 0. The molecule has 2 saturated heterocycles. The van der Waals surface area contributed by atoms with Crippen LogP contribution in [0.5, 0.6) is 0 Å². The Hall–Kier alpha value is -0.360. The number of hydrogen-bond acceptors (Lipinski definition) is 9. The highest BCUT2D eigenvalue weighted by Gasteiger charge is 2.85. The van der Waals surface area contributed by atoms with Crippen molar-refractivity contribution in [3.05, 3.63) is 0 Å². The molecule has 0 aromatic heterocycles. The van der Waals surface area contributed by atoms with E-state index in [-0.39, 0.29) is 58.2 Å². The van der Waals surface area contributed by atoms with E-state index in [9.17, 15) is 30.6 Å². The Balaban J connectivity index is 1.25. The minimum atomic E-state index is -1.37. The van der Waals surface area contributed by atoms with Crippen LogP contribution in [0.25, 0.3) is 0 Å². The fourth-order valence-electron chi connectivity index (χ4n) is 13.3. The van der Waals surface area contributed by atoms with Crippen LogP contribution in [0.3, 0.4) is 0 Å². The fraction of sp³-hybridized carbons (Fsp3) is 1.00. The van der Waals surface area contributed by atoms with Gasteiger partial charge in [0.1, 0.15) is 18.3 Å². The van der Waals surface area contributed by atoms with Gasteiger partial charge in [0.15, 0.2) is 6.29 Å². The first-order valence-corrected chi connectivity index (χ1v) is 17.4. The summed E-state index contributed by atoms with van der Waals surface area (Å²) in [6.45, 7) is 14.8. The molecule has 44 heavy (non-hydrogen) atoms. The van der Waals surface area contributed by atoms with E-state index in [1.807, 2.05) is 13.8 Å². The molecule has 0 bridgehead atoms. The van der Waals surface area contributed by atoms with Crippen molar-refractivity contribution in [3.63, 3.8) is 0 Å². The predicted octanol–water partition coefficient (Wildman–Crippen LogP) is 2.90. The summed E-state index contributed by atoms with van der Waals surface area (Å²) in [6.07, 6.45) is 1.29. The lowest BCUT2D eigenvalue weighted by Gasteiger charge is -2.65. The lowest BCUT2D eigenvalue weighted by Crippen LogP contribution is -2.64. The zero-order valence-corrected chi connectivity index (χ0v) is 27.8. The lowest BCUT2D eigenvalue weighted by atomic mass is 9.41. The molecule has 252 valence electrons. The largest absolute Gasteiger partial charge is 0.393 e. The number of ether oxygens (including phenoxy) is 3. The minimum absolute atomic E-state index is 0.00574. The van der Waals surface area contributed by atoms with Crippen LogP contribution in [0.4, 0.5) is 0 Å². The van der Waals surface area contributed by atoms with Gasteiger partial charge in [-0.1, -0.05) is 27.7 Å². The van der Waals surface area contributed by atoms with E-state index < -0.39 is 53.4 Å². The molecule has 2 heterocycles. The predicted molar refractivity (Wildman–Crippen MR) is 161 cm³/mol. The molecule has 7 fully saturated rings. The van der Waals surface area contributed by atoms with Gasteiger partial charge in [0.05, 0.1) is 42.2 Å². The number of hydrogen-bond donors (Lipinski definition) is 6. The summed E-state index contributed by atoms with van der Waals surface area (Å²) in [5.41, 5.74) is -2.20. The summed E-state index contributed by atoms with van der Waals surface area (Å²) < 4.78 is 19.3. The van der Waals surface area contributed by atoms with Crippen LogP contribution in [0.1, 0.15) is 106 Å². The minimum Gasteiger partial charge on any atom is -0.393 e. The van der Waals surface area contributed by atoms with Crippen molar-refractivity contribution in [3.8, 4) is 0 Å². The summed E-state index contributed by atoms with van der Waals surface area (Å²) in [4.78, 5) is 0. The summed E-state index contributed by atoms with van der Waals surface area (Å²) in [6, 6.07) is 0. The van der Waals surface area contributed by atoms with Crippen LogP contribution in [-0.4, -0.2) is 97.5 Å². The zero-order chi connectivity index (χ0) is 32.0. The summed E-state index contributed by atoms with van der Waals surface area (Å²) in [5, 5.41) is 65.6. The van der Waals surface area contributed by atoms with E-state index >= 15 is 0 Å². The van der Waals surface area contributed by atoms with Crippen LogP contribution < -0.4 is 0 Å². The van der Waals surface area contributed by atoms with Crippen molar-refractivity contribution in [2.75, 3.05) is 6.61 Å². The van der Waals surface area contributed by atoms with Crippen molar-refractivity contribution in [2.45, 2.75) is 166 Å². The van der Waals surface area contributed by atoms with Gasteiger partial charge in [-0.15, -0.1) is 0 Å². The molecule has 5 aliphatic carbocycles. The molecule has 2 spiro atoms. The number of rotatable bonds is 4. The normalized spacial score (nSPS) is 59.8. The van der Waals surface area contributed by atoms with Crippen molar-refractivity contribution in [1.82, 2.24) is 0 Å². The van der Waals surface area contributed by atoms with E-state index in [0.29, 0.717) is 6.42 Å². The van der Waals surface area contributed by atoms with Crippen molar-refractivity contribution in [2.24, 2.45) is 44.8 Å². The van der Waals surface area contributed by atoms with Crippen LogP contribution >= 0.6 is 0 Å².